The lowest BCUT2D eigenvalue weighted by Crippen LogP contribution is -2.19. The zero-order chi connectivity index (χ0) is 33.9. The number of nitrogens with zero attached hydrogens (tertiary/aromatic N) is 5. The molecule has 1 N–H and O–H groups in total. The number of H-pyrrole nitrogens is 1. The fourth-order valence-electron chi connectivity index (χ4n) is 3.64. The normalized spacial score (nSPS) is 10.7. The first-order chi connectivity index (χ1) is 22.5. The van der Waals surface area contributed by atoms with E-state index in [1.54, 1.807) is 30.3 Å². The first-order valence-corrected chi connectivity index (χ1v) is 14.3. The molecule has 0 radical (unpaired) electrons. The molecular formula is C30H21BrF6N6O4. The van der Waals surface area contributed by atoms with Gasteiger partial charge >= 0.3 is 12.9 Å². The van der Waals surface area contributed by atoms with Crippen LogP contribution in [-0.4, -0.2) is 29.9 Å². The van der Waals surface area contributed by atoms with Gasteiger partial charge in [-0.1, -0.05) is 52.3 Å². The van der Waals surface area contributed by atoms with E-state index in [0.29, 0.717) is 22.0 Å². The van der Waals surface area contributed by atoms with Crippen molar-refractivity contribution < 1.29 is 35.2 Å². The third kappa shape index (κ3) is 9.59. The molecule has 0 aliphatic rings. The maximum Gasteiger partial charge on any atom is 0.314 e. The lowest BCUT2D eigenvalue weighted by molar-refractivity contribution is 0.115. The Balaban J connectivity index is 0.000000178. The standard InChI is InChI=1S/C15H10F3N3O2.C8H5F2N3O2.C7H6BrF/c16-11-4-2-1-3-10(11)8-21-6-5-9(7-12(21)22)14-19-20-15(23-14)13(17)18;9-6(10)8-13-12-7(15-8)4-1-2-11-5(14)3-4;8-5-6-3-1-2-4-7(6)9/h1-7,13H,8H2;1-3,6H,(H,11,14);1-4H,5H2. The SMILES string of the molecule is Fc1ccccc1CBr.O=c1cc(-c2nnc(C(F)F)o2)cc[nH]1.O=c1cc(-c2nnc(C(F)F)o2)ccn1Cc1ccccc1F. The van der Waals surface area contributed by atoms with Crippen molar-refractivity contribution in [2.24, 2.45) is 0 Å². The molecule has 4 heterocycles. The maximum absolute atomic E-state index is 13.6. The Morgan fingerprint density at radius 2 is 1.26 bits per heavy atom. The molecule has 17 heteroatoms. The number of aromatic nitrogens is 6. The Labute approximate surface area is 268 Å². The first kappa shape index (κ1) is 34.6. The lowest BCUT2D eigenvalue weighted by atomic mass is 10.2. The van der Waals surface area contributed by atoms with E-state index in [0.717, 1.165) is 0 Å². The first-order valence-electron chi connectivity index (χ1n) is 13.2. The Hall–Kier alpha value is -5.32. The summed E-state index contributed by atoms with van der Waals surface area (Å²) >= 11 is 3.17. The molecule has 0 spiro atoms. The van der Waals surface area contributed by atoms with E-state index in [2.05, 4.69) is 45.7 Å². The molecule has 0 fully saturated rings. The van der Waals surface area contributed by atoms with E-state index in [9.17, 15) is 35.9 Å². The molecule has 0 saturated heterocycles. The number of alkyl halides is 5. The van der Waals surface area contributed by atoms with Gasteiger partial charge in [0, 0.05) is 46.5 Å². The average Bonchev–Trinajstić information content (AvgIpc) is 3.76. The topological polar surface area (TPSA) is 133 Å². The van der Waals surface area contributed by atoms with Crippen molar-refractivity contribution in [3.63, 3.8) is 0 Å². The Morgan fingerprint density at radius 3 is 1.70 bits per heavy atom. The quantitative estimate of drug-likeness (QED) is 0.136. The monoisotopic (exact) mass is 722 g/mol. The highest BCUT2D eigenvalue weighted by molar-refractivity contribution is 9.08. The summed E-state index contributed by atoms with van der Waals surface area (Å²) in [4.78, 5) is 25.4. The van der Waals surface area contributed by atoms with E-state index in [4.69, 9.17) is 4.42 Å². The van der Waals surface area contributed by atoms with Gasteiger partial charge < -0.3 is 18.4 Å². The summed E-state index contributed by atoms with van der Waals surface area (Å²) in [5.74, 6) is -2.40. The molecule has 0 saturated carbocycles. The predicted molar refractivity (Wildman–Crippen MR) is 159 cm³/mol. The summed E-state index contributed by atoms with van der Waals surface area (Å²) < 4.78 is 86.0. The Morgan fingerprint density at radius 1 is 0.723 bits per heavy atom. The van der Waals surface area contributed by atoms with Gasteiger partial charge in [-0.3, -0.25) is 9.59 Å². The summed E-state index contributed by atoms with van der Waals surface area (Å²) in [6, 6.07) is 18.1. The van der Waals surface area contributed by atoms with Crippen LogP contribution >= 0.6 is 15.9 Å². The Bertz CT molecular complexity index is 2030. The van der Waals surface area contributed by atoms with Crippen LogP contribution in [-0.2, 0) is 11.9 Å². The molecule has 0 atom stereocenters. The Kier molecular flexibility index (Phi) is 12.0. The van der Waals surface area contributed by atoms with Crippen LogP contribution < -0.4 is 11.1 Å². The van der Waals surface area contributed by atoms with Crippen molar-refractivity contribution in [1.29, 1.82) is 0 Å². The third-order valence-electron chi connectivity index (χ3n) is 5.92. The van der Waals surface area contributed by atoms with Crippen molar-refractivity contribution in [2.75, 3.05) is 0 Å². The van der Waals surface area contributed by atoms with Crippen molar-refractivity contribution >= 4 is 15.9 Å². The molecule has 244 valence electrons. The molecule has 6 aromatic rings. The average molecular weight is 723 g/mol. The van der Waals surface area contributed by atoms with E-state index in [1.165, 1.54) is 53.4 Å². The fourth-order valence-corrected chi connectivity index (χ4v) is 4.10. The van der Waals surface area contributed by atoms with Gasteiger partial charge in [-0.15, -0.1) is 20.4 Å². The van der Waals surface area contributed by atoms with Gasteiger partial charge in [0.1, 0.15) is 11.6 Å². The summed E-state index contributed by atoms with van der Waals surface area (Å²) in [5, 5.41) is 13.8. The number of hydrogen-bond acceptors (Lipinski definition) is 8. The summed E-state index contributed by atoms with van der Waals surface area (Å²) in [6.45, 7) is 0.0535. The summed E-state index contributed by atoms with van der Waals surface area (Å²) in [5.41, 5.74) is 0.779. The van der Waals surface area contributed by atoms with Crippen LogP contribution in [0.25, 0.3) is 22.9 Å². The number of pyridine rings is 2. The summed E-state index contributed by atoms with van der Waals surface area (Å²) in [7, 11) is 0. The number of halogens is 7. The van der Waals surface area contributed by atoms with Crippen molar-refractivity contribution in [2.45, 2.75) is 24.7 Å². The molecule has 0 aliphatic heterocycles. The van der Waals surface area contributed by atoms with Gasteiger partial charge in [0.15, 0.2) is 0 Å². The van der Waals surface area contributed by atoms with Gasteiger partial charge in [0.2, 0.25) is 17.3 Å². The van der Waals surface area contributed by atoms with Gasteiger partial charge in [-0.05, 0) is 29.8 Å². The van der Waals surface area contributed by atoms with Crippen LogP contribution in [0.2, 0.25) is 0 Å². The van der Waals surface area contributed by atoms with Crippen LogP contribution in [0.15, 0.2) is 104 Å². The molecule has 0 amide bonds. The van der Waals surface area contributed by atoms with Crippen LogP contribution in [0.1, 0.15) is 35.8 Å². The predicted octanol–water partition coefficient (Wildman–Crippen LogP) is 7.11. The largest absolute Gasteiger partial charge is 0.415 e. The van der Waals surface area contributed by atoms with Crippen LogP contribution in [0.3, 0.4) is 0 Å². The minimum atomic E-state index is -2.88. The highest BCUT2D eigenvalue weighted by atomic mass is 79.9. The van der Waals surface area contributed by atoms with Gasteiger partial charge in [0.25, 0.3) is 17.3 Å². The smallest absolute Gasteiger partial charge is 0.314 e. The zero-order valence-electron chi connectivity index (χ0n) is 23.7. The molecule has 0 bridgehead atoms. The van der Waals surface area contributed by atoms with E-state index >= 15 is 0 Å². The number of rotatable bonds is 7. The zero-order valence-corrected chi connectivity index (χ0v) is 25.3. The van der Waals surface area contributed by atoms with E-state index < -0.39 is 36.0 Å². The second-order valence-corrected chi connectivity index (χ2v) is 9.69. The lowest BCUT2D eigenvalue weighted by Gasteiger charge is -2.07. The second-order valence-electron chi connectivity index (χ2n) is 9.13. The number of hydrogen-bond donors (Lipinski definition) is 1. The van der Waals surface area contributed by atoms with Crippen LogP contribution in [0.5, 0.6) is 0 Å². The van der Waals surface area contributed by atoms with Crippen LogP contribution in [0, 0.1) is 11.6 Å². The number of benzene rings is 2. The molecule has 6 rings (SSSR count). The number of aromatic amines is 1. The fraction of sp³-hybridized carbons (Fsp3) is 0.133. The maximum atomic E-state index is 13.6. The molecule has 0 unspecified atom stereocenters. The molecule has 4 aromatic heterocycles. The van der Waals surface area contributed by atoms with Crippen molar-refractivity contribution in [3.8, 4) is 22.9 Å². The second kappa shape index (κ2) is 16.3. The number of nitrogens with one attached hydrogen (secondary N) is 1. The van der Waals surface area contributed by atoms with Gasteiger partial charge in [-0.25, -0.2) is 8.78 Å². The molecule has 47 heavy (non-hydrogen) atoms. The van der Waals surface area contributed by atoms with E-state index in [1.807, 2.05) is 6.07 Å². The van der Waals surface area contributed by atoms with Gasteiger partial charge in [-0.2, -0.15) is 17.6 Å². The van der Waals surface area contributed by atoms with Gasteiger partial charge in [0.05, 0.1) is 6.54 Å². The highest BCUT2D eigenvalue weighted by Crippen LogP contribution is 2.23. The summed E-state index contributed by atoms with van der Waals surface area (Å²) in [6.07, 6.45) is -2.91. The van der Waals surface area contributed by atoms with Crippen molar-refractivity contribution in [1.82, 2.24) is 29.9 Å². The third-order valence-corrected chi connectivity index (χ3v) is 6.52. The molecule has 0 aliphatic carbocycles. The minimum Gasteiger partial charge on any atom is -0.415 e. The molecular weight excluding hydrogens is 702 g/mol. The van der Waals surface area contributed by atoms with Crippen LogP contribution in [0.4, 0.5) is 26.3 Å². The minimum absolute atomic E-state index is 0.0535. The van der Waals surface area contributed by atoms with E-state index in [-0.39, 0.29) is 35.3 Å². The highest BCUT2D eigenvalue weighted by Gasteiger charge is 2.18. The van der Waals surface area contributed by atoms with Crippen molar-refractivity contribution in [3.05, 3.63) is 140 Å². The molecule has 2 aromatic carbocycles. The molecule has 10 nitrogen and oxygen atoms in total.